The summed E-state index contributed by atoms with van der Waals surface area (Å²) in [4.78, 5) is 15.7. The molecule has 0 spiro atoms. The summed E-state index contributed by atoms with van der Waals surface area (Å²) in [6.07, 6.45) is 8.28. The lowest BCUT2D eigenvalue weighted by Crippen LogP contribution is -2.29. The van der Waals surface area contributed by atoms with E-state index < -0.39 is 6.10 Å². The van der Waals surface area contributed by atoms with Crippen molar-refractivity contribution in [3.63, 3.8) is 0 Å². The van der Waals surface area contributed by atoms with E-state index in [0.29, 0.717) is 24.7 Å². The Hall–Kier alpha value is -1.95. The SMILES string of the molecule is Cc1cccc(C[C@@H](O)C=C[C@@H]2[C@H]3CC(CN(C)CCC(=O)N(C)C)=C[C@H]3C[C@H]2O)c1. The standard InChI is InChI=1S/C26H38N2O3/c1-18-6-5-7-19(12-18)14-22(29)8-9-23-24-15-20(13-21(24)16-25(23)30)17-28(4)11-10-26(31)27(2)3/h5-9,12-13,21-25,29-30H,10-11,14-17H2,1-4H3/t21-,22-,23+,24-,25+/m0/s1. The van der Waals surface area contributed by atoms with Crippen molar-refractivity contribution < 1.29 is 15.0 Å². The Bertz CT molecular complexity index is 817. The van der Waals surface area contributed by atoms with Crippen LogP contribution in [-0.4, -0.2) is 72.4 Å². The lowest BCUT2D eigenvalue weighted by Gasteiger charge is -2.21. The van der Waals surface area contributed by atoms with Gasteiger partial charge < -0.3 is 20.0 Å². The number of aliphatic hydroxyl groups excluding tert-OH is 2. The Morgan fingerprint density at radius 2 is 2.06 bits per heavy atom. The molecule has 0 radical (unpaired) electrons. The fourth-order valence-electron chi connectivity index (χ4n) is 5.06. The number of rotatable bonds is 9. The predicted molar refractivity (Wildman–Crippen MR) is 125 cm³/mol. The summed E-state index contributed by atoms with van der Waals surface area (Å²) >= 11 is 0. The maximum absolute atomic E-state index is 11.8. The van der Waals surface area contributed by atoms with Gasteiger partial charge >= 0.3 is 0 Å². The highest BCUT2D eigenvalue weighted by Gasteiger charge is 2.43. The zero-order valence-electron chi connectivity index (χ0n) is 19.4. The maximum Gasteiger partial charge on any atom is 0.223 e. The van der Waals surface area contributed by atoms with Crippen molar-refractivity contribution in [2.24, 2.45) is 17.8 Å². The first-order valence-electron chi connectivity index (χ1n) is 11.4. The van der Waals surface area contributed by atoms with Crippen LogP contribution in [0.25, 0.3) is 0 Å². The Morgan fingerprint density at radius 3 is 2.77 bits per heavy atom. The molecule has 2 aliphatic carbocycles. The minimum Gasteiger partial charge on any atom is -0.392 e. The lowest BCUT2D eigenvalue weighted by atomic mass is 9.89. The van der Waals surface area contributed by atoms with Crippen LogP contribution in [0.1, 0.15) is 30.4 Å². The van der Waals surface area contributed by atoms with Crippen molar-refractivity contribution in [3.05, 3.63) is 59.2 Å². The van der Waals surface area contributed by atoms with E-state index in [4.69, 9.17) is 0 Å². The molecule has 3 rings (SSSR count). The molecule has 0 unspecified atom stereocenters. The third kappa shape index (κ3) is 6.52. The van der Waals surface area contributed by atoms with Crippen molar-refractivity contribution >= 4 is 5.91 Å². The van der Waals surface area contributed by atoms with Crippen molar-refractivity contribution in [1.82, 2.24) is 9.80 Å². The average Bonchev–Trinajstić information content (AvgIpc) is 3.20. The molecule has 2 N–H and O–H groups in total. The summed E-state index contributed by atoms with van der Waals surface area (Å²) < 4.78 is 0. The highest BCUT2D eigenvalue weighted by molar-refractivity contribution is 5.75. The normalized spacial score (nSPS) is 26.4. The minimum absolute atomic E-state index is 0.0894. The Kier molecular flexibility index (Phi) is 8.09. The molecule has 0 bridgehead atoms. The summed E-state index contributed by atoms with van der Waals surface area (Å²) in [5, 5.41) is 21.1. The third-order valence-electron chi connectivity index (χ3n) is 6.71. The van der Waals surface area contributed by atoms with E-state index in [9.17, 15) is 15.0 Å². The van der Waals surface area contributed by atoms with Gasteiger partial charge in [0.05, 0.1) is 12.2 Å². The first-order chi connectivity index (χ1) is 14.7. The number of carbonyl (C=O) groups is 1. The number of allylic oxidation sites excluding steroid dienone is 1. The van der Waals surface area contributed by atoms with Gasteiger partial charge in [0.25, 0.3) is 0 Å². The second kappa shape index (κ2) is 10.6. The number of fused-ring (bicyclic) bond motifs is 1. The van der Waals surface area contributed by atoms with E-state index in [1.807, 2.05) is 24.3 Å². The van der Waals surface area contributed by atoms with Gasteiger partial charge in [0, 0.05) is 45.9 Å². The molecule has 5 nitrogen and oxygen atoms in total. The minimum atomic E-state index is -0.540. The van der Waals surface area contributed by atoms with E-state index in [1.54, 1.807) is 19.0 Å². The summed E-state index contributed by atoms with van der Waals surface area (Å²) in [5.41, 5.74) is 3.73. The molecule has 31 heavy (non-hydrogen) atoms. The maximum atomic E-state index is 11.8. The van der Waals surface area contributed by atoms with Crippen molar-refractivity contribution in [3.8, 4) is 0 Å². The van der Waals surface area contributed by atoms with Gasteiger partial charge in [-0.05, 0) is 44.2 Å². The fourth-order valence-corrected chi connectivity index (χ4v) is 5.06. The van der Waals surface area contributed by atoms with Gasteiger partial charge in [0.1, 0.15) is 0 Å². The molecule has 5 atom stereocenters. The molecule has 0 aliphatic heterocycles. The topological polar surface area (TPSA) is 64.0 Å². The summed E-state index contributed by atoms with van der Waals surface area (Å²) in [6, 6.07) is 8.22. The number of benzene rings is 1. The smallest absolute Gasteiger partial charge is 0.223 e. The summed E-state index contributed by atoms with van der Waals surface area (Å²) in [5.74, 6) is 1.06. The van der Waals surface area contributed by atoms with Crippen LogP contribution < -0.4 is 0 Å². The first kappa shape index (κ1) is 23.7. The molecule has 1 amide bonds. The van der Waals surface area contributed by atoms with Crippen LogP contribution in [0.5, 0.6) is 0 Å². The number of nitrogens with zero attached hydrogens (tertiary/aromatic N) is 2. The number of hydrogen-bond acceptors (Lipinski definition) is 4. The number of amides is 1. The molecule has 1 aromatic carbocycles. The van der Waals surface area contributed by atoms with Crippen LogP contribution in [0.15, 0.2) is 48.1 Å². The molecule has 1 saturated carbocycles. The quantitative estimate of drug-likeness (QED) is 0.596. The molecule has 1 fully saturated rings. The van der Waals surface area contributed by atoms with Crippen molar-refractivity contribution in [2.75, 3.05) is 34.2 Å². The second-order valence-corrected chi connectivity index (χ2v) is 9.66. The van der Waals surface area contributed by atoms with E-state index in [2.05, 4.69) is 37.1 Å². The first-order valence-corrected chi connectivity index (χ1v) is 11.4. The largest absolute Gasteiger partial charge is 0.392 e. The number of hydrogen-bond donors (Lipinski definition) is 2. The van der Waals surface area contributed by atoms with Crippen molar-refractivity contribution in [2.45, 2.75) is 44.8 Å². The summed E-state index contributed by atoms with van der Waals surface area (Å²) in [7, 11) is 5.64. The molecule has 2 aliphatic rings. The van der Waals surface area contributed by atoms with Gasteiger partial charge in [0.15, 0.2) is 0 Å². The van der Waals surface area contributed by atoms with Crippen LogP contribution in [0.3, 0.4) is 0 Å². The number of likely N-dealkylation sites (N-methyl/N-ethyl adjacent to an activating group) is 1. The molecule has 5 heteroatoms. The highest BCUT2D eigenvalue weighted by Crippen LogP contribution is 2.47. The van der Waals surface area contributed by atoms with Crippen LogP contribution >= 0.6 is 0 Å². The van der Waals surface area contributed by atoms with Crippen LogP contribution in [0.2, 0.25) is 0 Å². The Balaban J connectivity index is 1.51. The lowest BCUT2D eigenvalue weighted by molar-refractivity contribution is -0.128. The Labute approximate surface area is 187 Å². The van der Waals surface area contributed by atoms with E-state index in [1.165, 1.54) is 11.1 Å². The van der Waals surface area contributed by atoms with Crippen LogP contribution in [-0.2, 0) is 11.2 Å². The molecule has 0 aromatic heterocycles. The zero-order chi connectivity index (χ0) is 22.5. The molecule has 0 heterocycles. The van der Waals surface area contributed by atoms with E-state index in [0.717, 1.165) is 31.5 Å². The number of aryl methyl sites for hydroxylation is 1. The highest BCUT2D eigenvalue weighted by atomic mass is 16.3. The van der Waals surface area contributed by atoms with Gasteiger partial charge in [-0.1, -0.05) is 53.6 Å². The van der Waals surface area contributed by atoms with Gasteiger partial charge in [-0.2, -0.15) is 0 Å². The molecular formula is C26H38N2O3. The van der Waals surface area contributed by atoms with E-state index >= 15 is 0 Å². The molecular weight excluding hydrogens is 388 g/mol. The van der Waals surface area contributed by atoms with E-state index in [-0.39, 0.29) is 17.9 Å². The predicted octanol–water partition coefficient (Wildman–Crippen LogP) is 2.81. The zero-order valence-corrected chi connectivity index (χ0v) is 19.4. The van der Waals surface area contributed by atoms with Crippen molar-refractivity contribution in [1.29, 1.82) is 0 Å². The van der Waals surface area contributed by atoms with Gasteiger partial charge in [-0.25, -0.2) is 0 Å². The molecule has 0 saturated heterocycles. The number of carbonyl (C=O) groups excluding carboxylic acids is 1. The molecule has 1 aromatic rings. The average molecular weight is 427 g/mol. The monoisotopic (exact) mass is 426 g/mol. The second-order valence-electron chi connectivity index (χ2n) is 9.66. The Morgan fingerprint density at radius 1 is 1.29 bits per heavy atom. The van der Waals surface area contributed by atoms with Crippen LogP contribution in [0, 0.1) is 24.7 Å². The number of aliphatic hydroxyl groups is 2. The molecule has 170 valence electrons. The summed E-state index contributed by atoms with van der Waals surface area (Å²) in [6.45, 7) is 3.68. The van der Waals surface area contributed by atoms with Crippen LogP contribution in [0.4, 0.5) is 0 Å². The van der Waals surface area contributed by atoms with Gasteiger partial charge in [-0.15, -0.1) is 0 Å². The third-order valence-corrected chi connectivity index (χ3v) is 6.71. The fraction of sp³-hybridized carbons (Fsp3) is 0.577. The van der Waals surface area contributed by atoms with Gasteiger partial charge in [-0.3, -0.25) is 4.79 Å². The van der Waals surface area contributed by atoms with Gasteiger partial charge in [0.2, 0.25) is 5.91 Å².